The van der Waals surface area contributed by atoms with E-state index in [0.717, 1.165) is 17.9 Å². The lowest BCUT2D eigenvalue weighted by atomic mass is 10.1. The van der Waals surface area contributed by atoms with Crippen LogP contribution in [0, 0.1) is 11.6 Å². The molecule has 0 fully saturated rings. The van der Waals surface area contributed by atoms with E-state index in [-0.39, 0.29) is 5.56 Å². The molecule has 0 aliphatic carbocycles. The summed E-state index contributed by atoms with van der Waals surface area (Å²) in [6.07, 6.45) is 2.45. The Bertz CT molecular complexity index is 422. The van der Waals surface area contributed by atoms with Gasteiger partial charge in [0.15, 0.2) is 0 Å². The third-order valence-electron chi connectivity index (χ3n) is 2.76. The number of thioether (sulfide) groups is 1. The molecule has 3 N–H and O–H groups in total. The van der Waals surface area contributed by atoms with Crippen molar-refractivity contribution in [2.24, 2.45) is 5.73 Å². The van der Waals surface area contributed by atoms with E-state index in [1.807, 2.05) is 6.26 Å². The monoisotopic (exact) mass is 288 g/mol. The Balaban J connectivity index is 2.69. The maximum absolute atomic E-state index is 13.5. The van der Waals surface area contributed by atoms with E-state index in [0.29, 0.717) is 6.42 Å². The van der Waals surface area contributed by atoms with Crippen molar-refractivity contribution in [2.45, 2.75) is 25.4 Å². The summed E-state index contributed by atoms with van der Waals surface area (Å²) in [5.41, 5.74) is 5.55. The van der Waals surface area contributed by atoms with Gasteiger partial charge in [0.1, 0.15) is 11.6 Å². The Labute approximate surface area is 115 Å². The molecule has 106 valence electrons. The number of halogens is 2. The second-order valence-corrected chi connectivity index (χ2v) is 5.24. The minimum Gasteiger partial charge on any atom is -0.348 e. The van der Waals surface area contributed by atoms with Crippen molar-refractivity contribution in [1.82, 2.24) is 5.32 Å². The molecular formula is C13H18F2N2OS. The summed E-state index contributed by atoms with van der Waals surface area (Å²) < 4.78 is 27.1. The molecule has 1 aromatic rings. The van der Waals surface area contributed by atoms with Crippen LogP contribution in [0.5, 0.6) is 0 Å². The van der Waals surface area contributed by atoms with Crippen molar-refractivity contribution in [3.8, 4) is 0 Å². The van der Waals surface area contributed by atoms with Gasteiger partial charge >= 0.3 is 0 Å². The highest BCUT2D eigenvalue weighted by molar-refractivity contribution is 7.98. The molecule has 2 atom stereocenters. The number of nitrogens with one attached hydrogen (secondary N) is 1. The van der Waals surface area contributed by atoms with Gasteiger partial charge in [-0.1, -0.05) is 6.07 Å². The van der Waals surface area contributed by atoms with Crippen LogP contribution in [0.4, 0.5) is 8.78 Å². The van der Waals surface area contributed by atoms with E-state index >= 15 is 0 Å². The number of carbonyl (C=O) groups is 1. The maximum Gasteiger partial charge on any atom is 0.237 e. The fourth-order valence-corrected chi connectivity index (χ4v) is 2.18. The van der Waals surface area contributed by atoms with Crippen LogP contribution < -0.4 is 11.1 Å². The van der Waals surface area contributed by atoms with Crippen LogP contribution in [0.3, 0.4) is 0 Å². The van der Waals surface area contributed by atoms with Crippen molar-refractivity contribution in [3.05, 3.63) is 35.4 Å². The van der Waals surface area contributed by atoms with Crippen molar-refractivity contribution in [1.29, 1.82) is 0 Å². The number of amides is 1. The first kappa shape index (κ1) is 15.9. The van der Waals surface area contributed by atoms with Gasteiger partial charge in [0, 0.05) is 5.56 Å². The van der Waals surface area contributed by atoms with E-state index in [9.17, 15) is 13.6 Å². The molecule has 19 heavy (non-hydrogen) atoms. The van der Waals surface area contributed by atoms with Crippen molar-refractivity contribution in [2.75, 3.05) is 12.0 Å². The topological polar surface area (TPSA) is 55.1 Å². The summed E-state index contributed by atoms with van der Waals surface area (Å²) in [6.45, 7) is 1.53. The molecule has 1 amide bonds. The molecule has 0 radical (unpaired) electrons. The van der Waals surface area contributed by atoms with Crippen LogP contribution in [-0.4, -0.2) is 24.0 Å². The van der Waals surface area contributed by atoms with Gasteiger partial charge in [-0.3, -0.25) is 4.79 Å². The van der Waals surface area contributed by atoms with Gasteiger partial charge in [-0.05, 0) is 37.5 Å². The first-order valence-corrected chi connectivity index (χ1v) is 7.35. The molecule has 1 rings (SSSR count). The summed E-state index contributed by atoms with van der Waals surface area (Å²) in [5.74, 6) is -0.989. The van der Waals surface area contributed by atoms with E-state index in [1.54, 1.807) is 11.8 Å². The van der Waals surface area contributed by atoms with Gasteiger partial charge in [0.05, 0.1) is 12.1 Å². The Kier molecular flexibility index (Phi) is 6.24. The van der Waals surface area contributed by atoms with Gasteiger partial charge in [-0.25, -0.2) is 8.78 Å². The SMILES string of the molecule is CSCC[C@H](N)C(=O)NC(C)c1c(F)cccc1F. The number of hydrogen-bond donors (Lipinski definition) is 2. The van der Waals surface area contributed by atoms with Crippen LogP contribution in [-0.2, 0) is 4.79 Å². The van der Waals surface area contributed by atoms with Gasteiger partial charge in [-0.15, -0.1) is 0 Å². The number of carbonyl (C=O) groups excluding carboxylic acids is 1. The van der Waals surface area contributed by atoms with Gasteiger partial charge in [-0.2, -0.15) is 11.8 Å². The Morgan fingerprint density at radius 2 is 2.00 bits per heavy atom. The van der Waals surface area contributed by atoms with Crippen molar-refractivity contribution >= 4 is 17.7 Å². The highest BCUT2D eigenvalue weighted by Gasteiger charge is 2.20. The third kappa shape index (κ3) is 4.47. The lowest BCUT2D eigenvalue weighted by molar-refractivity contribution is -0.123. The van der Waals surface area contributed by atoms with Crippen LogP contribution in [0.15, 0.2) is 18.2 Å². The van der Waals surface area contributed by atoms with Crippen molar-refractivity contribution < 1.29 is 13.6 Å². The highest BCUT2D eigenvalue weighted by Crippen LogP contribution is 2.20. The first-order chi connectivity index (χ1) is 8.97. The fraction of sp³-hybridized carbons (Fsp3) is 0.462. The third-order valence-corrected chi connectivity index (χ3v) is 3.41. The van der Waals surface area contributed by atoms with E-state index < -0.39 is 29.6 Å². The van der Waals surface area contributed by atoms with E-state index in [4.69, 9.17) is 5.73 Å². The van der Waals surface area contributed by atoms with Crippen LogP contribution in [0.1, 0.15) is 24.9 Å². The average Bonchev–Trinajstić information content (AvgIpc) is 2.35. The van der Waals surface area contributed by atoms with Crippen LogP contribution in [0.2, 0.25) is 0 Å². The number of rotatable bonds is 6. The Hall–Kier alpha value is -1.14. The molecule has 0 aliphatic heterocycles. The largest absolute Gasteiger partial charge is 0.348 e. The lowest BCUT2D eigenvalue weighted by Crippen LogP contribution is -2.42. The summed E-state index contributed by atoms with van der Waals surface area (Å²) in [6, 6.07) is 2.19. The predicted octanol–water partition coefficient (Wildman–Crippen LogP) is 2.22. The number of nitrogens with two attached hydrogens (primary N) is 1. The molecule has 0 spiro atoms. The zero-order chi connectivity index (χ0) is 14.4. The number of hydrogen-bond acceptors (Lipinski definition) is 3. The maximum atomic E-state index is 13.5. The van der Waals surface area contributed by atoms with Gasteiger partial charge < -0.3 is 11.1 Å². The zero-order valence-corrected chi connectivity index (χ0v) is 11.8. The molecular weight excluding hydrogens is 270 g/mol. The highest BCUT2D eigenvalue weighted by atomic mass is 32.2. The van der Waals surface area contributed by atoms with Crippen molar-refractivity contribution in [3.63, 3.8) is 0 Å². The summed E-state index contributed by atoms with van der Waals surface area (Å²) in [4.78, 5) is 11.8. The second-order valence-electron chi connectivity index (χ2n) is 4.25. The molecule has 0 saturated carbocycles. The second kappa shape index (κ2) is 7.45. The Morgan fingerprint density at radius 3 is 2.53 bits per heavy atom. The summed E-state index contributed by atoms with van der Waals surface area (Å²) >= 11 is 1.59. The Morgan fingerprint density at radius 1 is 1.42 bits per heavy atom. The lowest BCUT2D eigenvalue weighted by Gasteiger charge is -2.18. The fourth-order valence-electron chi connectivity index (χ4n) is 1.69. The van der Waals surface area contributed by atoms with Gasteiger partial charge in [0.2, 0.25) is 5.91 Å². The van der Waals surface area contributed by atoms with Crippen LogP contribution in [0.25, 0.3) is 0 Å². The average molecular weight is 288 g/mol. The molecule has 1 unspecified atom stereocenters. The summed E-state index contributed by atoms with van der Waals surface area (Å²) in [7, 11) is 0. The molecule has 3 nitrogen and oxygen atoms in total. The minimum atomic E-state index is -0.756. The predicted molar refractivity (Wildman–Crippen MR) is 73.9 cm³/mol. The first-order valence-electron chi connectivity index (χ1n) is 5.96. The van der Waals surface area contributed by atoms with E-state index in [1.165, 1.54) is 13.0 Å². The quantitative estimate of drug-likeness (QED) is 0.844. The molecule has 0 aliphatic rings. The molecule has 0 heterocycles. The number of benzene rings is 1. The molecule has 1 aromatic carbocycles. The van der Waals surface area contributed by atoms with E-state index in [2.05, 4.69) is 5.32 Å². The molecule has 0 saturated heterocycles. The molecule has 6 heteroatoms. The molecule has 0 aromatic heterocycles. The zero-order valence-electron chi connectivity index (χ0n) is 11.0. The molecule has 0 bridgehead atoms. The van der Waals surface area contributed by atoms with Gasteiger partial charge in [0.25, 0.3) is 0 Å². The van der Waals surface area contributed by atoms with Crippen LogP contribution >= 0.6 is 11.8 Å². The normalized spacial score (nSPS) is 13.9. The smallest absolute Gasteiger partial charge is 0.237 e. The summed E-state index contributed by atoms with van der Waals surface area (Å²) in [5, 5.41) is 2.53. The minimum absolute atomic E-state index is 0.145. The standard InChI is InChI=1S/C13H18F2N2OS/c1-8(12-9(14)4-3-5-10(12)15)17-13(18)11(16)6-7-19-2/h3-5,8,11H,6-7,16H2,1-2H3,(H,17,18)/t8?,11-/m0/s1.